The maximum atomic E-state index is 14.0. The number of hydrogen-bond donors (Lipinski definition) is 1. The van der Waals surface area contributed by atoms with Crippen LogP contribution in [0.15, 0.2) is 66.4 Å². The number of nitrogens with zero attached hydrogens (tertiary/aromatic N) is 3. The highest BCUT2D eigenvalue weighted by Crippen LogP contribution is 2.46. The van der Waals surface area contributed by atoms with E-state index >= 15 is 0 Å². The first kappa shape index (κ1) is 23.8. The summed E-state index contributed by atoms with van der Waals surface area (Å²) in [7, 11) is 3.44. The number of benzene rings is 2. The van der Waals surface area contributed by atoms with Gasteiger partial charge in [0.25, 0.3) is 5.91 Å². The van der Waals surface area contributed by atoms with Gasteiger partial charge < -0.3 is 24.6 Å². The van der Waals surface area contributed by atoms with Crippen LogP contribution in [0, 0.1) is 0 Å². The van der Waals surface area contributed by atoms with Gasteiger partial charge in [-0.05, 0) is 48.5 Å². The maximum absolute atomic E-state index is 14.0. The lowest BCUT2D eigenvalue weighted by atomic mass is 9.86. The molecule has 1 aromatic heterocycles. The number of carbonyl (C=O) groups excluding carboxylic acids is 3. The van der Waals surface area contributed by atoms with Crippen molar-refractivity contribution >= 4 is 28.6 Å². The Labute approximate surface area is 219 Å². The summed E-state index contributed by atoms with van der Waals surface area (Å²) in [4.78, 5) is 44.1. The molecule has 3 aliphatic rings. The molecule has 2 atom stereocenters. The number of nitrogens with one attached hydrogen (secondary N) is 1. The summed E-state index contributed by atoms with van der Waals surface area (Å²) >= 11 is 0. The number of carbonyl (C=O) groups is 3. The number of ether oxygens (including phenoxy) is 2. The van der Waals surface area contributed by atoms with Gasteiger partial charge in [0, 0.05) is 31.5 Å². The Balaban J connectivity index is 1.63. The minimum absolute atomic E-state index is 0.0202. The zero-order valence-electron chi connectivity index (χ0n) is 21.4. The summed E-state index contributed by atoms with van der Waals surface area (Å²) in [6.07, 6.45) is 5.61. The van der Waals surface area contributed by atoms with Crippen molar-refractivity contribution in [3.8, 4) is 11.5 Å². The van der Waals surface area contributed by atoms with E-state index in [0.717, 1.165) is 22.0 Å². The lowest BCUT2D eigenvalue weighted by molar-refractivity contribution is -0.157. The quantitative estimate of drug-likeness (QED) is 0.427. The van der Waals surface area contributed by atoms with Crippen molar-refractivity contribution in [1.82, 2.24) is 19.7 Å². The molecule has 9 nitrogen and oxygen atoms in total. The lowest BCUT2D eigenvalue weighted by Gasteiger charge is -2.46. The van der Waals surface area contributed by atoms with Gasteiger partial charge in [-0.3, -0.25) is 19.0 Å². The number of allylic oxidation sites excluding steroid dienone is 3. The summed E-state index contributed by atoms with van der Waals surface area (Å²) in [5.41, 5.74) is 3.62. The molecule has 0 spiro atoms. The molecular weight excluding hydrogens is 484 g/mol. The standard InChI is InChI=1S/C29H28N4O5/c1-17(7-6-12-30-2)28(35)33-21-9-5-4-8-19(21)20-14-22-29(36)31(3)15-25(34)32(22)26(27(20)33)18-10-11-23-24(13-18)38-16-37-23/h4-13,22,26,30H,14-16H2,1-3H3/b12-6-,17-7+/t22-,26-/m1/s1. The van der Waals surface area contributed by atoms with E-state index in [1.165, 1.54) is 4.90 Å². The number of likely N-dealkylation sites (N-methyl/N-ethyl adjacent to an activating group) is 1. The minimum atomic E-state index is -0.672. The first-order chi connectivity index (χ1) is 18.4. The second kappa shape index (κ2) is 9.09. The number of rotatable bonds is 4. The Morgan fingerprint density at radius 1 is 1.11 bits per heavy atom. The molecule has 0 saturated carbocycles. The number of para-hydroxylation sites is 1. The molecule has 4 heterocycles. The third-order valence-electron chi connectivity index (χ3n) is 7.47. The lowest BCUT2D eigenvalue weighted by Crippen LogP contribution is -2.62. The highest BCUT2D eigenvalue weighted by molar-refractivity contribution is 6.05. The summed E-state index contributed by atoms with van der Waals surface area (Å²) in [6.45, 7) is 1.87. The van der Waals surface area contributed by atoms with Crippen LogP contribution < -0.4 is 14.8 Å². The zero-order valence-corrected chi connectivity index (χ0v) is 21.4. The molecule has 2 aromatic carbocycles. The Bertz CT molecular complexity index is 1550. The van der Waals surface area contributed by atoms with Crippen molar-refractivity contribution in [1.29, 1.82) is 0 Å². The van der Waals surface area contributed by atoms with Crippen molar-refractivity contribution in [2.24, 2.45) is 0 Å². The van der Waals surface area contributed by atoms with Crippen LogP contribution in [-0.2, 0) is 16.0 Å². The highest BCUT2D eigenvalue weighted by Gasteiger charge is 2.49. The Hall–Kier alpha value is -4.53. The predicted octanol–water partition coefficient (Wildman–Crippen LogP) is 3.00. The van der Waals surface area contributed by atoms with Gasteiger partial charge in [-0.2, -0.15) is 0 Å². The van der Waals surface area contributed by atoms with Crippen LogP contribution in [0.4, 0.5) is 0 Å². The number of fused-ring (bicyclic) bond motifs is 5. The first-order valence-electron chi connectivity index (χ1n) is 12.5. The van der Waals surface area contributed by atoms with Crippen LogP contribution in [0.25, 0.3) is 10.9 Å². The van der Waals surface area contributed by atoms with Crippen molar-refractivity contribution in [3.05, 3.63) is 83.2 Å². The van der Waals surface area contributed by atoms with Crippen molar-refractivity contribution in [3.63, 3.8) is 0 Å². The summed E-state index contributed by atoms with van der Waals surface area (Å²) in [5.74, 6) is 0.715. The maximum Gasteiger partial charge on any atom is 0.258 e. The second-order valence-electron chi connectivity index (χ2n) is 9.75. The van der Waals surface area contributed by atoms with E-state index in [1.807, 2.05) is 42.5 Å². The van der Waals surface area contributed by atoms with Gasteiger partial charge in [0.15, 0.2) is 11.5 Å². The average Bonchev–Trinajstić information content (AvgIpc) is 3.52. The SMILES string of the molecule is CN/C=C\C=C(/C)C(=O)n1c2c(c3ccccc31)C[C@@H]1C(=O)N(C)CC(=O)N1[C@@H]2c1ccc2c(c1)OCO2. The van der Waals surface area contributed by atoms with Crippen LogP contribution in [0.3, 0.4) is 0 Å². The van der Waals surface area contributed by atoms with E-state index in [4.69, 9.17) is 9.47 Å². The van der Waals surface area contributed by atoms with Crippen LogP contribution in [0.1, 0.15) is 34.6 Å². The summed E-state index contributed by atoms with van der Waals surface area (Å²) in [6, 6.07) is 11.9. The Kier molecular flexibility index (Phi) is 5.71. The number of amides is 2. The largest absolute Gasteiger partial charge is 0.454 e. The molecule has 0 unspecified atom stereocenters. The third-order valence-corrected chi connectivity index (χ3v) is 7.47. The molecule has 1 fully saturated rings. The molecular formula is C29H28N4O5. The van der Waals surface area contributed by atoms with Gasteiger partial charge in [0.1, 0.15) is 6.04 Å². The molecule has 9 heteroatoms. The molecule has 3 aromatic rings. The fourth-order valence-corrected chi connectivity index (χ4v) is 5.73. The molecule has 1 saturated heterocycles. The van der Waals surface area contributed by atoms with Gasteiger partial charge >= 0.3 is 0 Å². The van der Waals surface area contributed by atoms with Crippen molar-refractivity contribution < 1.29 is 23.9 Å². The van der Waals surface area contributed by atoms with Gasteiger partial charge in [-0.15, -0.1) is 0 Å². The topological polar surface area (TPSA) is 93.1 Å². The van der Waals surface area contributed by atoms with Crippen molar-refractivity contribution in [2.75, 3.05) is 27.4 Å². The molecule has 2 amide bonds. The average molecular weight is 513 g/mol. The van der Waals surface area contributed by atoms with E-state index in [-0.39, 0.29) is 31.1 Å². The summed E-state index contributed by atoms with van der Waals surface area (Å²) in [5, 5.41) is 3.82. The van der Waals surface area contributed by atoms with E-state index in [2.05, 4.69) is 5.32 Å². The molecule has 1 N–H and O–H groups in total. The third kappa shape index (κ3) is 3.57. The van der Waals surface area contributed by atoms with E-state index in [9.17, 15) is 14.4 Å². The first-order valence-corrected chi connectivity index (χ1v) is 12.5. The van der Waals surface area contributed by atoms with Crippen LogP contribution in [0.2, 0.25) is 0 Å². The van der Waals surface area contributed by atoms with Crippen molar-refractivity contribution in [2.45, 2.75) is 25.4 Å². The smallest absolute Gasteiger partial charge is 0.258 e. The van der Waals surface area contributed by atoms with Crippen LogP contribution in [-0.4, -0.2) is 65.6 Å². The van der Waals surface area contributed by atoms with E-state index in [0.29, 0.717) is 29.2 Å². The molecule has 194 valence electrons. The van der Waals surface area contributed by atoms with Gasteiger partial charge in [-0.1, -0.05) is 30.3 Å². The number of hydrogen-bond acceptors (Lipinski definition) is 6. The molecule has 0 radical (unpaired) electrons. The van der Waals surface area contributed by atoms with Crippen LogP contribution >= 0.6 is 0 Å². The number of aromatic nitrogens is 1. The summed E-state index contributed by atoms with van der Waals surface area (Å²) < 4.78 is 12.9. The highest BCUT2D eigenvalue weighted by atomic mass is 16.7. The van der Waals surface area contributed by atoms with Gasteiger partial charge in [-0.25, -0.2) is 0 Å². The monoisotopic (exact) mass is 512 g/mol. The molecule has 38 heavy (non-hydrogen) atoms. The van der Waals surface area contributed by atoms with Crippen LogP contribution in [0.5, 0.6) is 11.5 Å². The molecule has 3 aliphatic heterocycles. The predicted molar refractivity (Wildman–Crippen MR) is 141 cm³/mol. The van der Waals surface area contributed by atoms with E-state index < -0.39 is 12.1 Å². The van der Waals surface area contributed by atoms with Gasteiger partial charge in [0.2, 0.25) is 18.6 Å². The van der Waals surface area contributed by atoms with E-state index in [1.54, 1.807) is 48.8 Å². The van der Waals surface area contributed by atoms with Gasteiger partial charge in [0.05, 0.1) is 23.8 Å². The fraction of sp³-hybridized carbons (Fsp3) is 0.276. The number of piperazine rings is 1. The molecule has 6 rings (SSSR count). The minimum Gasteiger partial charge on any atom is -0.454 e. The second-order valence-corrected chi connectivity index (χ2v) is 9.75. The molecule has 0 bridgehead atoms. The zero-order chi connectivity index (χ0) is 26.6. The Morgan fingerprint density at radius 2 is 1.89 bits per heavy atom. The fourth-order valence-electron chi connectivity index (χ4n) is 5.73. The normalized spacial score (nSPS) is 20.8. The molecule has 0 aliphatic carbocycles. The Morgan fingerprint density at radius 3 is 2.71 bits per heavy atom.